The molecule has 2 nitrogen and oxygen atoms in total. The van der Waals surface area contributed by atoms with Gasteiger partial charge in [-0.1, -0.05) is 6.92 Å². The quantitative estimate of drug-likeness (QED) is 0.594. The first kappa shape index (κ1) is 10.1. The zero-order chi connectivity index (χ0) is 9.19. The number of hydrogen-bond acceptors (Lipinski definition) is 2. The fraction of sp³-hybridized carbons (Fsp3) is 1.00. The Balaban J connectivity index is 2.49. The van der Waals surface area contributed by atoms with Gasteiger partial charge in [-0.2, -0.15) is 0 Å². The fourth-order valence-corrected chi connectivity index (χ4v) is 1.59. The van der Waals surface area contributed by atoms with Crippen molar-refractivity contribution in [3.05, 3.63) is 0 Å². The van der Waals surface area contributed by atoms with Gasteiger partial charge in [-0.3, -0.25) is 0 Å². The summed E-state index contributed by atoms with van der Waals surface area (Å²) in [5.41, 5.74) is -0.0702. The summed E-state index contributed by atoms with van der Waals surface area (Å²) in [6.07, 6.45) is 1.99. The molecule has 1 heterocycles. The Bertz CT molecular complexity index is 151. The van der Waals surface area contributed by atoms with Crippen molar-refractivity contribution in [1.82, 2.24) is 0 Å². The second kappa shape index (κ2) is 3.80. The summed E-state index contributed by atoms with van der Waals surface area (Å²) in [5, 5.41) is 0. The van der Waals surface area contributed by atoms with Crippen molar-refractivity contribution in [2.45, 2.75) is 51.3 Å². The van der Waals surface area contributed by atoms with Crippen molar-refractivity contribution in [3.8, 4) is 0 Å². The van der Waals surface area contributed by atoms with Gasteiger partial charge >= 0.3 is 0 Å². The third-order valence-corrected chi connectivity index (χ3v) is 2.55. The van der Waals surface area contributed by atoms with E-state index in [1.807, 2.05) is 6.92 Å². The van der Waals surface area contributed by atoms with Crippen LogP contribution in [0.5, 0.6) is 0 Å². The molecule has 0 saturated carbocycles. The van der Waals surface area contributed by atoms with Gasteiger partial charge in [0.2, 0.25) is 0 Å². The van der Waals surface area contributed by atoms with E-state index in [2.05, 4.69) is 13.8 Å². The highest BCUT2D eigenvalue weighted by Gasteiger charge is 2.39. The van der Waals surface area contributed by atoms with Gasteiger partial charge in [-0.25, -0.2) is 0 Å². The monoisotopic (exact) mass is 168 g/mol. The highest BCUT2D eigenvalue weighted by atomic mass is 16.6. The van der Waals surface area contributed by atoms with Gasteiger partial charge < -0.3 is 9.47 Å². The maximum Gasteiger partial charge on any atom is 0.112 e. The lowest BCUT2D eigenvalue weighted by molar-refractivity contribution is -0.0153. The van der Waals surface area contributed by atoms with E-state index in [0.29, 0.717) is 6.61 Å². The van der Waals surface area contributed by atoms with E-state index in [-0.39, 0.29) is 17.7 Å². The molecule has 2 unspecified atom stereocenters. The Morgan fingerprint density at radius 3 is 2.67 bits per heavy atom. The van der Waals surface area contributed by atoms with Crippen LogP contribution in [0.25, 0.3) is 0 Å². The van der Waals surface area contributed by atoms with Crippen molar-refractivity contribution < 1.29 is 9.47 Å². The molecule has 0 spiro atoms. The molecule has 0 N–H and O–H groups in total. The molecule has 0 bridgehead atoms. The van der Waals surface area contributed by atoms with Crippen LogP contribution in [-0.2, 0) is 9.47 Å². The van der Waals surface area contributed by atoms with Crippen molar-refractivity contribution in [2.24, 2.45) is 0 Å². The maximum atomic E-state index is 5.77. The zero-order valence-electron chi connectivity index (χ0n) is 8.17. The summed E-state index contributed by atoms with van der Waals surface area (Å²) < 4.78 is 11.1. The molecule has 3 heteroatoms. The van der Waals surface area contributed by atoms with Crippen LogP contribution in [0.3, 0.4) is 0 Å². The van der Waals surface area contributed by atoms with E-state index >= 15 is 0 Å². The van der Waals surface area contributed by atoms with Crippen LogP contribution < -0.4 is 0 Å². The zero-order valence-corrected chi connectivity index (χ0v) is 8.17. The molecule has 0 aromatic carbocycles. The first-order valence-corrected chi connectivity index (χ1v) is 4.66. The van der Waals surface area contributed by atoms with E-state index in [1.54, 1.807) is 0 Å². The number of rotatable bonds is 3. The van der Waals surface area contributed by atoms with Gasteiger partial charge in [0.15, 0.2) is 0 Å². The number of hydrogen-bond donors (Lipinski definition) is 0. The molecule has 1 aliphatic rings. The lowest BCUT2D eigenvalue weighted by Gasteiger charge is -2.21. The predicted octanol–water partition coefficient (Wildman–Crippen LogP) is 1.48. The van der Waals surface area contributed by atoms with Crippen LogP contribution in [0.4, 0.5) is 0 Å². The minimum Gasteiger partial charge on any atom is -0.379 e. The smallest absolute Gasteiger partial charge is 0.112 e. The van der Waals surface area contributed by atoms with Crippen LogP contribution in [0, 0.1) is 0 Å². The Hall–Kier alpha value is -0.0151. The average molecular weight is 168 g/mol. The molecular weight excluding hydrogens is 151 g/mol. The lowest BCUT2D eigenvalue weighted by atomic mass is 9.91. The fourth-order valence-electron chi connectivity index (χ4n) is 1.59. The van der Waals surface area contributed by atoms with E-state index in [4.69, 9.17) is 17.3 Å². The Kier molecular flexibility index (Phi) is 3.19. The molecule has 2 radical (unpaired) electrons. The molecule has 0 aromatic rings. The topological polar surface area (TPSA) is 18.5 Å². The molecule has 0 amide bonds. The highest BCUT2D eigenvalue weighted by Crippen LogP contribution is 2.33. The second-order valence-electron chi connectivity index (χ2n) is 3.58. The summed E-state index contributed by atoms with van der Waals surface area (Å²) in [6, 6.07) is -0.241. The van der Waals surface area contributed by atoms with Gasteiger partial charge in [-0.15, -0.1) is 0 Å². The van der Waals surface area contributed by atoms with E-state index in [0.717, 1.165) is 12.8 Å². The van der Waals surface area contributed by atoms with Gasteiger partial charge in [0.05, 0.1) is 11.7 Å². The van der Waals surface area contributed by atoms with E-state index < -0.39 is 0 Å². The molecule has 3 atom stereocenters. The minimum absolute atomic E-state index is 0.0702. The minimum atomic E-state index is -0.241. The molecule has 1 aliphatic heterocycles. The molecule has 0 aliphatic carbocycles. The van der Waals surface area contributed by atoms with Gasteiger partial charge in [0.1, 0.15) is 7.85 Å². The van der Waals surface area contributed by atoms with Crippen molar-refractivity contribution in [2.75, 3.05) is 6.61 Å². The standard InChI is InChI=1S/C9H17BO2/c1-4-9(3)6-7(11-5-2)8(10)12-9/h7-8H,4-6H2,1-3H3/t7?,8?,9-/m0/s1. The molecule has 1 fully saturated rings. The molecule has 0 aromatic heterocycles. The third kappa shape index (κ3) is 2.02. The van der Waals surface area contributed by atoms with Crippen LogP contribution in [0.2, 0.25) is 0 Å². The van der Waals surface area contributed by atoms with E-state index in [9.17, 15) is 0 Å². The summed E-state index contributed by atoms with van der Waals surface area (Å²) in [4.78, 5) is 0. The largest absolute Gasteiger partial charge is 0.379 e. The lowest BCUT2D eigenvalue weighted by Crippen LogP contribution is -2.24. The van der Waals surface area contributed by atoms with Crippen molar-refractivity contribution >= 4 is 7.85 Å². The Morgan fingerprint density at radius 1 is 1.58 bits per heavy atom. The van der Waals surface area contributed by atoms with Crippen LogP contribution >= 0.6 is 0 Å². The van der Waals surface area contributed by atoms with Gasteiger partial charge in [0, 0.05) is 19.0 Å². The summed E-state index contributed by atoms with van der Waals surface area (Å²) in [7, 11) is 5.77. The SMILES string of the molecule is [B]C1O[C@@](C)(CC)CC1OCC. The maximum absolute atomic E-state index is 5.77. The molecule has 12 heavy (non-hydrogen) atoms. The van der Waals surface area contributed by atoms with Crippen LogP contribution in [0.15, 0.2) is 0 Å². The van der Waals surface area contributed by atoms with Gasteiger partial charge in [-0.05, 0) is 20.3 Å². The summed E-state index contributed by atoms with van der Waals surface area (Å²) in [5.74, 6) is 0. The average Bonchev–Trinajstić information content (AvgIpc) is 2.30. The molecule has 1 saturated heterocycles. The first-order valence-electron chi connectivity index (χ1n) is 4.66. The normalized spacial score (nSPS) is 41.9. The highest BCUT2D eigenvalue weighted by molar-refractivity contribution is 6.11. The molecular formula is C9H17BO2. The predicted molar refractivity (Wildman–Crippen MR) is 49.4 cm³/mol. The summed E-state index contributed by atoms with van der Waals surface area (Å²) >= 11 is 0. The Morgan fingerprint density at radius 2 is 2.25 bits per heavy atom. The van der Waals surface area contributed by atoms with Crippen molar-refractivity contribution in [3.63, 3.8) is 0 Å². The number of ether oxygens (including phenoxy) is 2. The van der Waals surface area contributed by atoms with E-state index in [1.165, 1.54) is 0 Å². The van der Waals surface area contributed by atoms with Crippen molar-refractivity contribution in [1.29, 1.82) is 0 Å². The third-order valence-electron chi connectivity index (χ3n) is 2.55. The molecule has 1 rings (SSSR count). The first-order chi connectivity index (χ1) is 5.61. The molecule has 68 valence electrons. The summed E-state index contributed by atoms with van der Waals surface area (Å²) in [6.45, 7) is 6.89. The van der Waals surface area contributed by atoms with Gasteiger partial charge in [0.25, 0.3) is 0 Å². The van der Waals surface area contributed by atoms with Crippen LogP contribution in [0.1, 0.15) is 33.6 Å². The Labute approximate surface area is 76.0 Å². The second-order valence-corrected chi connectivity index (χ2v) is 3.58. The van der Waals surface area contributed by atoms with Crippen LogP contribution in [-0.4, -0.2) is 32.2 Å².